The summed E-state index contributed by atoms with van der Waals surface area (Å²) in [6.07, 6.45) is 2.35. The summed E-state index contributed by atoms with van der Waals surface area (Å²) >= 11 is 0. The minimum Gasteiger partial charge on any atom is -0.0622 e. The van der Waals surface area contributed by atoms with Gasteiger partial charge in [-0.3, -0.25) is 0 Å². The van der Waals surface area contributed by atoms with Crippen molar-refractivity contribution in [2.45, 2.75) is 38.5 Å². The van der Waals surface area contributed by atoms with Crippen LogP contribution in [0.3, 0.4) is 0 Å². The lowest BCUT2D eigenvalue weighted by Gasteiger charge is -2.23. The molecule has 2 aliphatic carbocycles. The normalized spacial score (nSPS) is 13.9. The predicted octanol–water partition coefficient (Wildman–Crippen LogP) is 17.2. The van der Waals surface area contributed by atoms with E-state index < -0.39 is 0 Å². The van der Waals surface area contributed by atoms with Crippen LogP contribution in [0.25, 0.3) is 88.8 Å². The second kappa shape index (κ2) is 14.5. The molecule has 0 heteroatoms. The van der Waals surface area contributed by atoms with Crippen molar-refractivity contribution < 1.29 is 0 Å². The Balaban J connectivity index is 1.13. The maximum atomic E-state index is 2.50. The van der Waals surface area contributed by atoms with Crippen LogP contribution in [0, 0.1) is 0 Å². The van der Waals surface area contributed by atoms with Crippen LogP contribution in [-0.4, -0.2) is 0 Å². The summed E-state index contributed by atoms with van der Waals surface area (Å²) in [6.45, 7) is 9.52. The van der Waals surface area contributed by atoms with E-state index in [0.29, 0.717) is 0 Å². The molecule has 10 aromatic carbocycles. The van der Waals surface area contributed by atoms with E-state index in [-0.39, 0.29) is 10.8 Å². The van der Waals surface area contributed by atoms with Gasteiger partial charge in [0.25, 0.3) is 0 Å². The highest BCUT2D eigenvalue weighted by Crippen LogP contribution is 2.55. The summed E-state index contributed by atoms with van der Waals surface area (Å²) < 4.78 is 0. The van der Waals surface area contributed by atoms with Crippen molar-refractivity contribution in [1.82, 2.24) is 0 Å². The van der Waals surface area contributed by atoms with Crippen LogP contribution in [0.2, 0.25) is 0 Å². The van der Waals surface area contributed by atoms with Crippen molar-refractivity contribution in [2.24, 2.45) is 0 Å². The fourth-order valence-electron chi connectivity index (χ4n) is 11.3. The van der Waals surface area contributed by atoms with E-state index in [0.717, 1.165) is 0 Å². The van der Waals surface area contributed by atoms with Crippen LogP contribution in [0.4, 0.5) is 0 Å². The largest absolute Gasteiger partial charge is 0.0622 e. The van der Waals surface area contributed by atoms with E-state index in [9.17, 15) is 0 Å². The Morgan fingerprint density at radius 2 is 0.828 bits per heavy atom. The fraction of sp³-hybridized carbons (Fsp3) is 0.0938. The Labute approximate surface area is 376 Å². The van der Waals surface area contributed by atoms with E-state index in [4.69, 9.17) is 0 Å². The monoisotopic (exact) mass is 816 g/mol. The summed E-state index contributed by atoms with van der Waals surface area (Å²) in [6, 6.07) is 79.2. The van der Waals surface area contributed by atoms with Gasteiger partial charge in [-0.15, -0.1) is 0 Å². The number of hydrogen-bond donors (Lipinski definition) is 0. The first kappa shape index (κ1) is 38.2. The molecule has 64 heavy (non-hydrogen) atoms. The Morgan fingerprint density at radius 3 is 1.56 bits per heavy atom. The molecule has 304 valence electrons. The Kier molecular flexibility index (Phi) is 8.65. The SMILES string of the molecule is CC1(C)c2ccccc2-c2ccc(-c3ccc4c(-c5cccc(C=C(c6ccccc6)c6ccccc6)c5)c5ccccc5c(-c5cccc6c5-c5ccccc5C6(C)C)c4c3)cc21. The number of benzene rings is 10. The van der Waals surface area contributed by atoms with Crippen LogP contribution in [0.1, 0.15) is 66.6 Å². The van der Waals surface area contributed by atoms with Gasteiger partial charge >= 0.3 is 0 Å². The van der Waals surface area contributed by atoms with Crippen molar-refractivity contribution in [3.05, 3.63) is 251 Å². The second-order valence-electron chi connectivity index (χ2n) is 18.8. The molecule has 0 N–H and O–H groups in total. The molecule has 0 nitrogen and oxygen atoms in total. The third-order valence-electron chi connectivity index (χ3n) is 14.5. The minimum atomic E-state index is -0.111. The minimum absolute atomic E-state index is 0.0849. The molecule has 0 amide bonds. The average Bonchev–Trinajstić information content (AvgIpc) is 3.72. The lowest BCUT2D eigenvalue weighted by molar-refractivity contribution is 0.660. The van der Waals surface area contributed by atoms with E-state index in [1.807, 2.05) is 0 Å². The molecular weight excluding hydrogens is 769 g/mol. The van der Waals surface area contributed by atoms with Crippen LogP contribution in [0.15, 0.2) is 212 Å². The molecular formula is C64H48. The van der Waals surface area contributed by atoms with Crippen LogP contribution < -0.4 is 0 Å². The van der Waals surface area contributed by atoms with E-state index in [1.165, 1.54) is 122 Å². The zero-order valence-corrected chi connectivity index (χ0v) is 36.8. The van der Waals surface area contributed by atoms with E-state index >= 15 is 0 Å². The first-order valence-corrected chi connectivity index (χ1v) is 22.7. The van der Waals surface area contributed by atoms with Crippen molar-refractivity contribution in [2.75, 3.05) is 0 Å². The Morgan fingerprint density at radius 1 is 0.312 bits per heavy atom. The molecule has 0 atom stereocenters. The first-order valence-electron chi connectivity index (χ1n) is 22.7. The summed E-state index contributed by atoms with van der Waals surface area (Å²) in [4.78, 5) is 0. The van der Waals surface area contributed by atoms with Crippen molar-refractivity contribution in [3.8, 4) is 55.6 Å². The zero-order chi connectivity index (χ0) is 43.2. The number of fused-ring (bicyclic) bond motifs is 8. The summed E-state index contributed by atoms with van der Waals surface area (Å²) in [5, 5.41) is 5.03. The summed E-state index contributed by atoms with van der Waals surface area (Å²) in [5.74, 6) is 0. The highest BCUT2D eigenvalue weighted by Gasteiger charge is 2.38. The third-order valence-corrected chi connectivity index (χ3v) is 14.5. The quantitative estimate of drug-likeness (QED) is 0.116. The lowest BCUT2D eigenvalue weighted by atomic mass is 9.80. The molecule has 0 heterocycles. The van der Waals surface area contributed by atoms with Gasteiger partial charge < -0.3 is 0 Å². The molecule has 0 saturated carbocycles. The zero-order valence-electron chi connectivity index (χ0n) is 36.8. The molecule has 2 aliphatic rings. The van der Waals surface area contributed by atoms with Gasteiger partial charge in [0.15, 0.2) is 0 Å². The van der Waals surface area contributed by atoms with Gasteiger partial charge in [0, 0.05) is 10.8 Å². The molecule has 0 aliphatic heterocycles. The van der Waals surface area contributed by atoms with E-state index in [1.54, 1.807) is 0 Å². The highest BCUT2D eigenvalue weighted by atomic mass is 14.4. The topological polar surface area (TPSA) is 0 Å². The number of hydrogen-bond acceptors (Lipinski definition) is 0. The smallest absolute Gasteiger partial charge is 0.0159 e. The maximum absolute atomic E-state index is 2.50. The van der Waals surface area contributed by atoms with Crippen LogP contribution in [-0.2, 0) is 10.8 Å². The maximum Gasteiger partial charge on any atom is 0.0159 e. The van der Waals surface area contributed by atoms with Crippen LogP contribution >= 0.6 is 0 Å². The van der Waals surface area contributed by atoms with Gasteiger partial charge in [0.05, 0.1) is 0 Å². The molecule has 0 radical (unpaired) electrons. The summed E-state index contributed by atoms with van der Waals surface area (Å²) in [7, 11) is 0. The van der Waals surface area contributed by atoms with Gasteiger partial charge in [0.1, 0.15) is 0 Å². The molecule has 0 fully saturated rings. The molecule has 0 aromatic heterocycles. The lowest BCUT2D eigenvalue weighted by Crippen LogP contribution is -2.14. The fourth-order valence-corrected chi connectivity index (χ4v) is 11.3. The van der Waals surface area contributed by atoms with Gasteiger partial charge in [-0.25, -0.2) is 0 Å². The van der Waals surface area contributed by atoms with Gasteiger partial charge in [-0.1, -0.05) is 222 Å². The third kappa shape index (κ3) is 5.83. The molecule has 0 unspecified atom stereocenters. The second-order valence-corrected chi connectivity index (χ2v) is 18.8. The molecule has 12 rings (SSSR count). The van der Waals surface area contributed by atoms with Gasteiger partial charge in [-0.2, -0.15) is 0 Å². The molecule has 0 saturated heterocycles. The van der Waals surface area contributed by atoms with Gasteiger partial charge in [0.2, 0.25) is 0 Å². The number of rotatable bonds is 6. The van der Waals surface area contributed by atoms with Crippen molar-refractivity contribution in [1.29, 1.82) is 0 Å². The molecule has 0 bridgehead atoms. The molecule has 10 aromatic rings. The standard InChI is InChI=1S/C64H48/c1-63(2)57-31-16-14-28-52(57)62-53(29-18-32-58(62)63)61-50-27-12-11-26-49(50)60(46-24-17-19-41(37-46)38-54(42-20-7-5-8-21-42)43-22-9-6-10-23-43)51-36-34-44(39-55(51)61)45-33-35-48-47-25-13-15-30-56(47)64(3,4)59(48)40-45/h5-40H,1-4H3. The average molecular weight is 817 g/mol. The predicted molar refractivity (Wildman–Crippen MR) is 273 cm³/mol. The van der Waals surface area contributed by atoms with Gasteiger partial charge in [-0.05, 0) is 146 Å². The Hall–Kier alpha value is -7.54. The van der Waals surface area contributed by atoms with Crippen LogP contribution in [0.5, 0.6) is 0 Å². The first-order chi connectivity index (χ1) is 31.3. The Bertz CT molecular complexity index is 3480. The van der Waals surface area contributed by atoms with Crippen molar-refractivity contribution in [3.63, 3.8) is 0 Å². The highest BCUT2D eigenvalue weighted by molar-refractivity contribution is 6.23. The van der Waals surface area contributed by atoms with E-state index in [2.05, 4.69) is 246 Å². The molecule has 0 spiro atoms. The summed E-state index contributed by atoms with van der Waals surface area (Å²) in [5.41, 5.74) is 23.0. The van der Waals surface area contributed by atoms with Crippen molar-refractivity contribution >= 4 is 33.2 Å².